The van der Waals surface area contributed by atoms with Crippen molar-refractivity contribution >= 4 is 28.3 Å². The maximum Gasteiger partial charge on any atom is 0.0623 e. The zero-order valence-corrected chi connectivity index (χ0v) is 11.3. The average molecular weight is 327 g/mol. The van der Waals surface area contributed by atoms with Gasteiger partial charge in [0.15, 0.2) is 0 Å². The van der Waals surface area contributed by atoms with Crippen LogP contribution in [0.3, 0.4) is 0 Å². The van der Waals surface area contributed by atoms with Gasteiger partial charge in [-0.3, -0.25) is 4.68 Å². The van der Waals surface area contributed by atoms with Crippen molar-refractivity contribution in [2.75, 3.05) is 11.9 Å². The zero-order valence-electron chi connectivity index (χ0n) is 9.15. The van der Waals surface area contributed by atoms with Gasteiger partial charge in [-0.1, -0.05) is 17.7 Å². The van der Waals surface area contributed by atoms with Gasteiger partial charge in [-0.05, 0) is 41.6 Å². The lowest BCUT2D eigenvalue weighted by atomic mass is 10.2. The molecule has 0 aliphatic rings. The Bertz CT molecular complexity index is 448. The molecule has 0 bridgehead atoms. The van der Waals surface area contributed by atoms with Crippen LogP contribution in [0.5, 0.6) is 0 Å². The Balaban J connectivity index is 1.82. The summed E-state index contributed by atoms with van der Waals surface area (Å²) in [5.74, 6) is 0. The quantitative estimate of drug-likeness (QED) is 0.875. The summed E-state index contributed by atoms with van der Waals surface area (Å²) in [7, 11) is 0. The number of anilines is 1. The fourth-order valence-corrected chi connectivity index (χ4v) is 1.89. The number of benzene rings is 1. The predicted molar refractivity (Wildman–Crippen MR) is 74.6 cm³/mol. The van der Waals surface area contributed by atoms with Gasteiger partial charge in [0.25, 0.3) is 0 Å². The second kappa shape index (κ2) is 5.34. The SMILES string of the molecule is Cc1ccc(NCCn2cc(I)cn2)cc1. The molecule has 84 valence electrons. The van der Waals surface area contributed by atoms with Crippen molar-refractivity contribution in [1.29, 1.82) is 0 Å². The minimum atomic E-state index is 0.886. The Hall–Kier alpha value is -1.04. The van der Waals surface area contributed by atoms with Crippen LogP contribution in [0.1, 0.15) is 5.56 Å². The summed E-state index contributed by atoms with van der Waals surface area (Å²) in [5, 5.41) is 7.60. The lowest BCUT2D eigenvalue weighted by Gasteiger charge is -2.06. The van der Waals surface area contributed by atoms with Gasteiger partial charge >= 0.3 is 0 Å². The molecule has 16 heavy (non-hydrogen) atoms. The van der Waals surface area contributed by atoms with Gasteiger partial charge in [0, 0.05) is 18.4 Å². The zero-order chi connectivity index (χ0) is 11.4. The summed E-state index contributed by atoms with van der Waals surface area (Å²) in [4.78, 5) is 0. The molecular weight excluding hydrogens is 313 g/mol. The Morgan fingerprint density at radius 1 is 1.31 bits per heavy atom. The van der Waals surface area contributed by atoms with Crippen molar-refractivity contribution in [1.82, 2.24) is 9.78 Å². The molecule has 3 nitrogen and oxygen atoms in total. The van der Waals surface area contributed by atoms with Gasteiger partial charge in [-0.25, -0.2) is 0 Å². The molecule has 1 aromatic carbocycles. The van der Waals surface area contributed by atoms with Gasteiger partial charge in [-0.15, -0.1) is 0 Å². The van der Waals surface area contributed by atoms with Crippen molar-refractivity contribution in [2.24, 2.45) is 0 Å². The smallest absolute Gasteiger partial charge is 0.0623 e. The van der Waals surface area contributed by atoms with E-state index in [-0.39, 0.29) is 0 Å². The lowest BCUT2D eigenvalue weighted by molar-refractivity contribution is 0.637. The molecule has 0 atom stereocenters. The van der Waals surface area contributed by atoms with Crippen LogP contribution in [0.4, 0.5) is 5.69 Å². The molecule has 2 aromatic rings. The van der Waals surface area contributed by atoms with E-state index in [4.69, 9.17) is 0 Å². The first-order valence-electron chi connectivity index (χ1n) is 5.22. The standard InChI is InChI=1S/C12H14IN3/c1-10-2-4-12(5-3-10)14-6-7-16-9-11(13)8-15-16/h2-5,8-9,14H,6-7H2,1H3. The van der Waals surface area contributed by atoms with Crippen molar-refractivity contribution in [2.45, 2.75) is 13.5 Å². The summed E-state index contributed by atoms with van der Waals surface area (Å²) < 4.78 is 3.12. The van der Waals surface area contributed by atoms with E-state index >= 15 is 0 Å². The van der Waals surface area contributed by atoms with Crippen molar-refractivity contribution in [3.63, 3.8) is 0 Å². The normalized spacial score (nSPS) is 10.4. The molecule has 0 saturated carbocycles. The molecule has 1 N–H and O–H groups in total. The largest absolute Gasteiger partial charge is 0.383 e. The fraction of sp³-hybridized carbons (Fsp3) is 0.250. The molecule has 0 radical (unpaired) electrons. The number of halogens is 1. The molecule has 1 aromatic heterocycles. The van der Waals surface area contributed by atoms with Gasteiger partial charge in [0.1, 0.15) is 0 Å². The summed E-state index contributed by atoms with van der Waals surface area (Å²) in [6, 6.07) is 8.42. The minimum absolute atomic E-state index is 0.886. The molecule has 4 heteroatoms. The highest BCUT2D eigenvalue weighted by atomic mass is 127. The Morgan fingerprint density at radius 2 is 2.06 bits per heavy atom. The van der Waals surface area contributed by atoms with Gasteiger partial charge in [-0.2, -0.15) is 5.10 Å². The first-order chi connectivity index (χ1) is 7.74. The van der Waals surface area contributed by atoms with E-state index in [2.05, 4.69) is 64.2 Å². The maximum absolute atomic E-state index is 4.23. The first-order valence-corrected chi connectivity index (χ1v) is 6.30. The van der Waals surface area contributed by atoms with E-state index in [9.17, 15) is 0 Å². The van der Waals surface area contributed by atoms with Gasteiger partial charge in [0.2, 0.25) is 0 Å². The van der Waals surface area contributed by atoms with Crippen LogP contribution >= 0.6 is 22.6 Å². The second-order valence-corrected chi connectivity index (χ2v) is 4.96. The van der Waals surface area contributed by atoms with E-state index in [0.29, 0.717) is 0 Å². The number of aryl methyl sites for hydroxylation is 1. The molecule has 0 saturated heterocycles. The number of nitrogens with zero attached hydrogens (tertiary/aromatic N) is 2. The lowest BCUT2D eigenvalue weighted by Crippen LogP contribution is -2.10. The van der Waals surface area contributed by atoms with Crippen molar-refractivity contribution in [3.05, 3.63) is 45.8 Å². The average Bonchev–Trinajstić information content (AvgIpc) is 2.67. The number of nitrogens with one attached hydrogen (secondary N) is 1. The van der Waals surface area contributed by atoms with E-state index in [1.54, 1.807) is 0 Å². The van der Waals surface area contributed by atoms with Gasteiger partial charge < -0.3 is 5.32 Å². The summed E-state index contributed by atoms with van der Waals surface area (Å²) in [5.41, 5.74) is 2.44. The minimum Gasteiger partial charge on any atom is -0.383 e. The molecule has 1 heterocycles. The highest BCUT2D eigenvalue weighted by Gasteiger charge is 1.95. The Morgan fingerprint density at radius 3 is 2.69 bits per heavy atom. The molecule has 0 spiro atoms. The Labute approximate surface area is 109 Å². The van der Waals surface area contributed by atoms with Crippen LogP contribution in [0, 0.1) is 10.5 Å². The third-order valence-electron chi connectivity index (χ3n) is 2.32. The van der Waals surface area contributed by atoms with E-state index in [1.807, 2.05) is 17.1 Å². The monoisotopic (exact) mass is 327 g/mol. The summed E-state index contributed by atoms with van der Waals surface area (Å²) >= 11 is 2.26. The van der Waals surface area contributed by atoms with E-state index in [0.717, 1.165) is 18.8 Å². The van der Waals surface area contributed by atoms with Gasteiger partial charge in [0.05, 0.1) is 16.3 Å². The van der Waals surface area contributed by atoms with Crippen LogP contribution in [0.2, 0.25) is 0 Å². The number of rotatable bonds is 4. The third kappa shape index (κ3) is 3.23. The summed E-state index contributed by atoms with van der Waals surface area (Å²) in [6.45, 7) is 3.87. The first kappa shape index (κ1) is 11.4. The summed E-state index contributed by atoms with van der Waals surface area (Å²) in [6.07, 6.45) is 3.91. The highest BCUT2D eigenvalue weighted by Crippen LogP contribution is 2.08. The second-order valence-electron chi connectivity index (χ2n) is 3.71. The molecule has 0 amide bonds. The maximum atomic E-state index is 4.23. The molecule has 2 rings (SSSR count). The molecule has 0 unspecified atom stereocenters. The van der Waals surface area contributed by atoms with E-state index in [1.165, 1.54) is 9.13 Å². The molecule has 0 aliphatic heterocycles. The van der Waals surface area contributed by atoms with Crippen LogP contribution in [0.15, 0.2) is 36.7 Å². The van der Waals surface area contributed by atoms with Crippen LogP contribution < -0.4 is 5.32 Å². The van der Waals surface area contributed by atoms with Crippen LogP contribution in [-0.4, -0.2) is 16.3 Å². The number of hydrogen-bond donors (Lipinski definition) is 1. The van der Waals surface area contributed by atoms with Crippen LogP contribution in [-0.2, 0) is 6.54 Å². The molecule has 0 aliphatic carbocycles. The fourth-order valence-electron chi connectivity index (χ4n) is 1.45. The molecular formula is C12H14IN3. The van der Waals surface area contributed by atoms with Crippen LogP contribution in [0.25, 0.3) is 0 Å². The topological polar surface area (TPSA) is 29.9 Å². The predicted octanol–water partition coefficient (Wildman–Crippen LogP) is 2.91. The third-order valence-corrected chi connectivity index (χ3v) is 2.88. The number of hydrogen-bond acceptors (Lipinski definition) is 2. The molecule has 0 fully saturated rings. The van der Waals surface area contributed by atoms with E-state index < -0.39 is 0 Å². The highest BCUT2D eigenvalue weighted by molar-refractivity contribution is 14.1. The Kier molecular flexibility index (Phi) is 3.82. The van der Waals surface area contributed by atoms with Crippen molar-refractivity contribution in [3.8, 4) is 0 Å². The number of aromatic nitrogens is 2. The van der Waals surface area contributed by atoms with Crippen molar-refractivity contribution < 1.29 is 0 Å².